The number of carbonyl (C=O) groups excluding carboxylic acids is 1. The molecule has 1 aromatic rings. The first kappa shape index (κ1) is 22.7. The largest absolute Gasteiger partial charge is 0.388 e. The van der Waals surface area contributed by atoms with Crippen molar-refractivity contribution in [3.05, 3.63) is 29.8 Å². The van der Waals surface area contributed by atoms with E-state index in [-0.39, 0.29) is 35.8 Å². The molecule has 1 atom stereocenters. The van der Waals surface area contributed by atoms with E-state index in [4.69, 9.17) is 0 Å². The van der Waals surface area contributed by atoms with Crippen LogP contribution in [0, 0.1) is 0 Å². The number of guanidine groups is 1. The molecule has 1 unspecified atom stereocenters. The zero-order valence-electron chi connectivity index (χ0n) is 15.8. The second-order valence-corrected chi connectivity index (χ2v) is 6.54. The van der Waals surface area contributed by atoms with Crippen LogP contribution in [0.25, 0.3) is 0 Å². The highest BCUT2D eigenvalue weighted by Gasteiger charge is 2.25. The molecular weight excluding hydrogens is 443 g/mol. The first-order valence-electron chi connectivity index (χ1n) is 9.14. The minimum Gasteiger partial charge on any atom is -0.388 e. The number of anilines is 1. The molecule has 0 saturated carbocycles. The maximum absolute atomic E-state index is 11.9. The van der Waals surface area contributed by atoms with Gasteiger partial charge in [0.1, 0.15) is 0 Å². The Bertz CT molecular complexity index is 617. The SMILES string of the molecule is CCNC(=NCC(O)(CC)CC)NCC1CC(=O)Nc2ccccc21.I. The maximum atomic E-state index is 11.9. The molecule has 0 fully saturated rings. The van der Waals surface area contributed by atoms with Gasteiger partial charge in [0.2, 0.25) is 5.91 Å². The minimum atomic E-state index is -0.764. The van der Waals surface area contributed by atoms with Gasteiger partial charge in [-0.1, -0.05) is 32.0 Å². The van der Waals surface area contributed by atoms with E-state index in [1.54, 1.807) is 0 Å². The van der Waals surface area contributed by atoms with Crippen LogP contribution in [-0.2, 0) is 4.79 Å². The number of para-hydroxylation sites is 1. The molecule has 1 amide bonds. The normalized spacial score (nSPS) is 17.0. The highest BCUT2D eigenvalue weighted by molar-refractivity contribution is 14.0. The minimum absolute atomic E-state index is 0. The van der Waals surface area contributed by atoms with Crippen molar-refractivity contribution in [3.8, 4) is 0 Å². The predicted octanol–water partition coefficient (Wildman–Crippen LogP) is 2.84. The Labute approximate surface area is 173 Å². The fraction of sp³-hybridized carbons (Fsp3) is 0.579. The van der Waals surface area contributed by atoms with Crippen LogP contribution in [0.3, 0.4) is 0 Å². The standard InChI is InChI=1S/C19H30N4O2.HI/c1-4-19(25,5-2)13-22-18(20-6-3)21-12-14-11-17(24)23-16-10-8-7-9-15(14)16;/h7-10,14,25H,4-6,11-13H2,1-3H3,(H,23,24)(H2,20,21,22);1H. The van der Waals surface area contributed by atoms with Crippen molar-refractivity contribution in [2.75, 3.05) is 25.0 Å². The molecule has 2 rings (SSSR count). The van der Waals surface area contributed by atoms with Crippen LogP contribution < -0.4 is 16.0 Å². The molecule has 0 aliphatic carbocycles. The Morgan fingerprint density at radius 2 is 1.96 bits per heavy atom. The fourth-order valence-corrected chi connectivity index (χ4v) is 2.95. The van der Waals surface area contributed by atoms with E-state index in [2.05, 4.69) is 27.0 Å². The molecule has 1 aliphatic heterocycles. The van der Waals surface area contributed by atoms with Crippen LogP contribution in [0.1, 0.15) is 51.5 Å². The average Bonchev–Trinajstić information content (AvgIpc) is 2.63. The molecule has 146 valence electrons. The number of fused-ring (bicyclic) bond motifs is 1. The van der Waals surface area contributed by atoms with E-state index in [1.165, 1.54) is 0 Å². The summed E-state index contributed by atoms with van der Waals surface area (Å²) in [4.78, 5) is 16.5. The lowest BCUT2D eigenvalue weighted by Gasteiger charge is -2.27. The number of carbonyl (C=O) groups is 1. The fourth-order valence-electron chi connectivity index (χ4n) is 2.95. The van der Waals surface area contributed by atoms with E-state index in [0.29, 0.717) is 38.3 Å². The van der Waals surface area contributed by atoms with Gasteiger partial charge in [-0.15, -0.1) is 24.0 Å². The number of hydrogen-bond donors (Lipinski definition) is 4. The highest BCUT2D eigenvalue weighted by Crippen LogP contribution is 2.31. The Morgan fingerprint density at radius 3 is 2.62 bits per heavy atom. The molecule has 1 aliphatic rings. The van der Waals surface area contributed by atoms with E-state index in [0.717, 1.165) is 17.8 Å². The molecule has 0 aromatic heterocycles. The molecular formula is C19H31IN4O2. The van der Waals surface area contributed by atoms with E-state index < -0.39 is 5.60 Å². The summed E-state index contributed by atoms with van der Waals surface area (Å²) in [6, 6.07) is 7.90. The Kier molecular flexibility index (Phi) is 9.35. The number of aliphatic imine (C=N–C) groups is 1. The quantitative estimate of drug-likeness (QED) is 0.278. The van der Waals surface area contributed by atoms with Crippen LogP contribution in [0.4, 0.5) is 5.69 Å². The first-order valence-corrected chi connectivity index (χ1v) is 9.14. The molecule has 6 nitrogen and oxygen atoms in total. The summed E-state index contributed by atoms with van der Waals surface area (Å²) in [5, 5.41) is 19.9. The number of rotatable bonds is 7. The van der Waals surface area contributed by atoms with E-state index in [9.17, 15) is 9.90 Å². The van der Waals surface area contributed by atoms with E-state index >= 15 is 0 Å². The molecule has 0 spiro atoms. The third kappa shape index (κ3) is 6.12. The van der Waals surface area contributed by atoms with Gasteiger partial charge in [0, 0.05) is 31.1 Å². The lowest BCUT2D eigenvalue weighted by atomic mass is 9.90. The van der Waals surface area contributed by atoms with Crippen molar-refractivity contribution in [2.45, 2.75) is 51.6 Å². The van der Waals surface area contributed by atoms with Gasteiger partial charge >= 0.3 is 0 Å². The van der Waals surface area contributed by atoms with Gasteiger partial charge in [-0.2, -0.15) is 0 Å². The second kappa shape index (κ2) is 10.7. The van der Waals surface area contributed by atoms with Crippen molar-refractivity contribution in [3.63, 3.8) is 0 Å². The van der Waals surface area contributed by atoms with Gasteiger partial charge < -0.3 is 21.1 Å². The van der Waals surface area contributed by atoms with E-state index in [1.807, 2.05) is 39.0 Å². The third-order valence-corrected chi connectivity index (χ3v) is 4.81. The van der Waals surface area contributed by atoms with Crippen LogP contribution in [0.15, 0.2) is 29.3 Å². The molecule has 26 heavy (non-hydrogen) atoms. The maximum Gasteiger partial charge on any atom is 0.225 e. The number of nitrogens with one attached hydrogen (secondary N) is 3. The summed E-state index contributed by atoms with van der Waals surface area (Å²) >= 11 is 0. The van der Waals surface area contributed by atoms with Gasteiger partial charge in [-0.25, -0.2) is 0 Å². The highest BCUT2D eigenvalue weighted by atomic mass is 127. The zero-order chi connectivity index (χ0) is 18.3. The van der Waals surface area contributed by atoms with Crippen molar-refractivity contribution in [1.82, 2.24) is 10.6 Å². The van der Waals surface area contributed by atoms with Crippen LogP contribution in [0.2, 0.25) is 0 Å². The summed E-state index contributed by atoms with van der Waals surface area (Å²) in [5.74, 6) is 0.815. The molecule has 0 saturated heterocycles. The Hall–Kier alpha value is -1.35. The zero-order valence-corrected chi connectivity index (χ0v) is 18.2. The lowest BCUT2D eigenvalue weighted by Crippen LogP contribution is -2.42. The number of benzene rings is 1. The average molecular weight is 474 g/mol. The summed E-state index contributed by atoms with van der Waals surface area (Å²) in [6.07, 6.45) is 1.79. The predicted molar refractivity (Wildman–Crippen MR) is 117 cm³/mol. The second-order valence-electron chi connectivity index (χ2n) is 6.54. The number of nitrogens with zero attached hydrogens (tertiary/aromatic N) is 1. The third-order valence-electron chi connectivity index (χ3n) is 4.81. The monoisotopic (exact) mass is 474 g/mol. The van der Waals surface area contributed by atoms with Gasteiger partial charge in [0.15, 0.2) is 5.96 Å². The van der Waals surface area contributed by atoms with Crippen molar-refractivity contribution >= 4 is 41.5 Å². The van der Waals surface area contributed by atoms with Gasteiger partial charge in [0.05, 0.1) is 12.1 Å². The molecule has 0 bridgehead atoms. The topological polar surface area (TPSA) is 85.8 Å². The Balaban J connectivity index is 0.00000338. The van der Waals surface area contributed by atoms with Gasteiger partial charge in [-0.3, -0.25) is 9.79 Å². The van der Waals surface area contributed by atoms with Gasteiger partial charge in [0.25, 0.3) is 0 Å². The molecule has 4 N–H and O–H groups in total. The number of halogens is 1. The van der Waals surface area contributed by atoms with Crippen molar-refractivity contribution in [2.24, 2.45) is 4.99 Å². The van der Waals surface area contributed by atoms with Crippen molar-refractivity contribution in [1.29, 1.82) is 0 Å². The molecule has 1 heterocycles. The first-order chi connectivity index (χ1) is 12.0. The van der Waals surface area contributed by atoms with Gasteiger partial charge in [-0.05, 0) is 31.4 Å². The van der Waals surface area contributed by atoms with Crippen LogP contribution >= 0.6 is 24.0 Å². The lowest BCUT2D eigenvalue weighted by molar-refractivity contribution is -0.116. The molecule has 1 aromatic carbocycles. The van der Waals surface area contributed by atoms with Crippen molar-refractivity contribution < 1.29 is 9.90 Å². The van der Waals surface area contributed by atoms with Crippen LogP contribution in [-0.4, -0.2) is 42.2 Å². The summed E-state index contributed by atoms with van der Waals surface area (Å²) in [5.41, 5.74) is 1.27. The summed E-state index contributed by atoms with van der Waals surface area (Å²) in [7, 11) is 0. The smallest absolute Gasteiger partial charge is 0.225 e. The summed E-state index contributed by atoms with van der Waals surface area (Å²) in [6.45, 7) is 7.66. The Morgan fingerprint density at radius 1 is 1.27 bits per heavy atom. The summed E-state index contributed by atoms with van der Waals surface area (Å²) < 4.78 is 0. The number of hydrogen-bond acceptors (Lipinski definition) is 3. The number of amides is 1. The van der Waals surface area contributed by atoms with Crippen LogP contribution in [0.5, 0.6) is 0 Å². The molecule has 0 radical (unpaired) electrons. The number of aliphatic hydroxyl groups is 1. The molecule has 7 heteroatoms.